The number of benzene rings is 1. The molecule has 1 aliphatic carbocycles. The van der Waals surface area contributed by atoms with Crippen molar-refractivity contribution in [3.05, 3.63) is 35.4 Å². The average Bonchev–Trinajstić information content (AvgIpc) is 2.73. The Hall–Kier alpha value is -1.51. The molecule has 2 atom stereocenters. The molecule has 1 aromatic carbocycles. The van der Waals surface area contributed by atoms with E-state index >= 15 is 0 Å². The monoisotopic (exact) mass is 271 g/mol. The number of nitrogens with zero attached hydrogens (tertiary/aromatic N) is 2. The fraction of sp³-hybridized carbons (Fsp3) is 0.588. The van der Waals surface area contributed by atoms with Gasteiger partial charge in [0, 0.05) is 25.6 Å². The molecule has 1 heterocycles. The third-order valence-electron chi connectivity index (χ3n) is 4.83. The molecule has 0 bridgehead atoms. The average molecular weight is 271 g/mol. The number of guanidine groups is 1. The quantitative estimate of drug-likeness (QED) is 0.678. The lowest BCUT2D eigenvalue weighted by molar-refractivity contribution is 0.295. The Morgan fingerprint density at radius 3 is 2.60 bits per heavy atom. The van der Waals surface area contributed by atoms with E-state index in [4.69, 9.17) is 5.73 Å². The van der Waals surface area contributed by atoms with E-state index in [9.17, 15) is 0 Å². The second-order valence-corrected chi connectivity index (χ2v) is 6.45. The minimum atomic E-state index is 0.540. The Labute approximate surface area is 121 Å². The van der Waals surface area contributed by atoms with Gasteiger partial charge in [-0.15, -0.1) is 0 Å². The molecule has 2 N–H and O–H groups in total. The molecule has 0 saturated carbocycles. The molecule has 0 aromatic heterocycles. The van der Waals surface area contributed by atoms with E-state index in [0.717, 1.165) is 25.6 Å². The summed E-state index contributed by atoms with van der Waals surface area (Å²) in [5, 5.41) is 0. The van der Waals surface area contributed by atoms with Gasteiger partial charge in [0.2, 0.25) is 0 Å². The largest absolute Gasteiger partial charge is 0.370 e. The first-order valence-electron chi connectivity index (χ1n) is 7.80. The Morgan fingerprint density at radius 2 is 2.00 bits per heavy atom. The zero-order valence-corrected chi connectivity index (χ0v) is 12.5. The standard InChI is InChI=1S/C17H25N3/c1-12(2)16-10-13(14-6-3-4-7-15(14)16)11-19-17(18)20-8-5-9-20/h3-4,6-7,12-13,16H,5,8-11H2,1-2H3,(H2,18,19)/t13-,16-/m0/s1. The molecule has 1 aromatic rings. The van der Waals surface area contributed by atoms with Gasteiger partial charge in [-0.2, -0.15) is 0 Å². The van der Waals surface area contributed by atoms with Crippen molar-refractivity contribution in [2.75, 3.05) is 19.6 Å². The summed E-state index contributed by atoms with van der Waals surface area (Å²) in [5.74, 6) is 2.65. The Morgan fingerprint density at radius 1 is 1.30 bits per heavy atom. The highest BCUT2D eigenvalue weighted by molar-refractivity contribution is 5.78. The van der Waals surface area contributed by atoms with E-state index in [0.29, 0.717) is 17.8 Å². The van der Waals surface area contributed by atoms with Crippen molar-refractivity contribution >= 4 is 5.96 Å². The zero-order valence-electron chi connectivity index (χ0n) is 12.5. The van der Waals surface area contributed by atoms with Crippen LogP contribution in [-0.4, -0.2) is 30.5 Å². The van der Waals surface area contributed by atoms with Crippen molar-refractivity contribution in [3.8, 4) is 0 Å². The van der Waals surface area contributed by atoms with Gasteiger partial charge in [0.1, 0.15) is 0 Å². The van der Waals surface area contributed by atoms with Crippen LogP contribution < -0.4 is 5.73 Å². The van der Waals surface area contributed by atoms with Gasteiger partial charge in [0.25, 0.3) is 0 Å². The molecule has 3 rings (SSSR count). The minimum absolute atomic E-state index is 0.540. The van der Waals surface area contributed by atoms with Gasteiger partial charge < -0.3 is 10.6 Å². The fourth-order valence-corrected chi connectivity index (χ4v) is 3.43. The van der Waals surface area contributed by atoms with Crippen LogP contribution >= 0.6 is 0 Å². The Bertz CT molecular complexity index is 503. The van der Waals surface area contributed by atoms with Gasteiger partial charge >= 0.3 is 0 Å². The molecule has 108 valence electrons. The first-order valence-corrected chi connectivity index (χ1v) is 7.80. The van der Waals surface area contributed by atoms with E-state index in [2.05, 4.69) is 48.0 Å². The normalized spacial score (nSPS) is 25.8. The van der Waals surface area contributed by atoms with Crippen LogP contribution in [0, 0.1) is 5.92 Å². The van der Waals surface area contributed by atoms with Crippen LogP contribution in [0.3, 0.4) is 0 Å². The predicted molar refractivity (Wildman–Crippen MR) is 84.1 cm³/mol. The third kappa shape index (κ3) is 2.41. The summed E-state index contributed by atoms with van der Waals surface area (Å²) in [6.07, 6.45) is 2.46. The smallest absolute Gasteiger partial charge is 0.191 e. The maximum atomic E-state index is 6.05. The van der Waals surface area contributed by atoms with Crippen molar-refractivity contribution in [1.29, 1.82) is 0 Å². The zero-order chi connectivity index (χ0) is 14.1. The lowest BCUT2D eigenvalue weighted by Gasteiger charge is -2.31. The van der Waals surface area contributed by atoms with Crippen molar-refractivity contribution in [2.24, 2.45) is 16.6 Å². The number of hydrogen-bond acceptors (Lipinski definition) is 1. The van der Waals surface area contributed by atoms with Crippen LogP contribution in [0.15, 0.2) is 29.3 Å². The summed E-state index contributed by atoms with van der Waals surface area (Å²) in [7, 11) is 0. The second kappa shape index (κ2) is 5.47. The van der Waals surface area contributed by atoms with E-state index in [1.165, 1.54) is 24.0 Å². The van der Waals surface area contributed by atoms with Gasteiger partial charge in [-0.05, 0) is 35.8 Å². The minimum Gasteiger partial charge on any atom is -0.370 e. The number of aliphatic imine (C=N–C) groups is 1. The second-order valence-electron chi connectivity index (χ2n) is 6.45. The molecule has 3 heteroatoms. The molecular formula is C17H25N3. The SMILES string of the molecule is CC(C)[C@@H]1C[C@@H](CN=C(N)N2CCC2)c2ccccc21. The lowest BCUT2D eigenvalue weighted by Crippen LogP contribution is -2.46. The summed E-state index contributed by atoms with van der Waals surface area (Å²) >= 11 is 0. The summed E-state index contributed by atoms with van der Waals surface area (Å²) in [5.41, 5.74) is 9.07. The molecule has 1 saturated heterocycles. The lowest BCUT2D eigenvalue weighted by atomic mass is 9.90. The number of fused-ring (bicyclic) bond motifs is 1. The molecule has 2 aliphatic rings. The van der Waals surface area contributed by atoms with Crippen LogP contribution in [-0.2, 0) is 0 Å². The maximum Gasteiger partial charge on any atom is 0.191 e. The molecule has 3 nitrogen and oxygen atoms in total. The van der Waals surface area contributed by atoms with Gasteiger partial charge in [-0.3, -0.25) is 4.99 Å². The predicted octanol–water partition coefficient (Wildman–Crippen LogP) is 2.93. The molecule has 0 radical (unpaired) electrons. The van der Waals surface area contributed by atoms with Crippen LogP contribution in [0.5, 0.6) is 0 Å². The number of likely N-dealkylation sites (tertiary alicyclic amines) is 1. The molecule has 1 fully saturated rings. The highest BCUT2D eigenvalue weighted by Gasteiger charge is 2.32. The summed E-state index contributed by atoms with van der Waals surface area (Å²) in [4.78, 5) is 6.81. The maximum absolute atomic E-state index is 6.05. The van der Waals surface area contributed by atoms with Gasteiger partial charge in [-0.25, -0.2) is 0 Å². The van der Waals surface area contributed by atoms with Gasteiger partial charge in [0.05, 0.1) is 0 Å². The Kier molecular flexibility index (Phi) is 3.68. The molecule has 0 spiro atoms. The molecule has 20 heavy (non-hydrogen) atoms. The number of rotatable bonds is 3. The van der Waals surface area contributed by atoms with E-state index in [1.807, 2.05) is 0 Å². The highest BCUT2D eigenvalue weighted by Crippen LogP contribution is 2.45. The van der Waals surface area contributed by atoms with Crippen LogP contribution in [0.25, 0.3) is 0 Å². The molecular weight excluding hydrogens is 246 g/mol. The third-order valence-corrected chi connectivity index (χ3v) is 4.83. The van der Waals surface area contributed by atoms with E-state index < -0.39 is 0 Å². The van der Waals surface area contributed by atoms with Crippen molar-refractivity contribution in [2.45, 2.75) is 38.5 Å². The van der Waals surface area contributed by atoms with E-state index in [1.54, 1.807) is 0 Å². The van der Waals surface area contributed by atoms with E-state index in [-0.39, 0.29) is 0 Å². The molecule has 0 amide bonds. The topological polar surface area (TPSA) is 41.6 Å². The van der Waals surface area contributed by atoms with Gasteiger partial charge in [-0.1, -0.05) is 38.1 Å². The van der Waals surface area contributed by atoms with Crippen molar-refractivity contribution < 1.29 is 0 Å². The summed E-state index contributed by atoms with van der Waals surface area (Å²) in [6, 6.07) is 8.88. The number of hydrogen-bond donors (Lipinski definition) is 1. The van der Waals surface area contributed by atoms with Crippen molar-refractivity contribution in [3.63, 3.8) is 0 Å². The molecule has 0 unspecified atom stereocenters. The molecule has 1 aliphatic heterocycles. The number of nitrogens with two attached hydrogens (primary N) is 1. The summed E-state index contributed by atoms with van der Waals surface area (Å²) < 4.78 is 0. The van der Waals surface area contributed by atoms with Crippen LogP contribution in [0.2, 0.25) is 0 Å². The van der Waals surface area contributed by atoms with Crippen LogP contribution in [0.4, 0.5) is 0 Å². The van der Waals surface area contributed by atoms with Crippen molar-refractivity contribution in [1.82, 2.24) is 4.90 Å². The first kappa shape index (κ1) is 13.5. The Balaban J connectivity index is 1.74. The summed E-state index contributed by atoms with van der Waals surface area (Å²) in [6.45, 7) is 7.63. The van der Waals surface area contributed by atoms with Gasteiger partial charge in [0.15, 0.2) is 5.96 Å². The highest BCUT2D eigenvalue weighted by atomic mass is 15.3. The fourth-order valence-electron chi connectivity index (χ4n) is 3.43. The van der Waals surface area contributed by atoms with Crippen LogP contribution in [0.1, 0.15) is 49.7 Å². The first-order chi connectivity index (χ1) is 9.66.